The Morgan fingerprint density at radius 3 is 2.47 bits per heavy atom. The Hall–Kier alpha value is -0.660. The second-order valence-electron chi connectivity index (χ2n) is 2.99. The van der Waals surface area contributed by atoms with E-state index < -0.39 is 11.2 Å². The third-order valence-electron chi connectivity index (χ3n) is 1.81. The molecule has 0 atom stereocenters. The number of aryl methyl sites for hydroxylation is 1. The predicted octanol–water partition coefficient (Wildman–Crippen LogP) is 2.46. The van der Waals surface area contributed by atoms with Crippen molar-refractivity contribution in [3.63, 3.8) is 0 Å². The van der Waals surface area contributed by atoms with Crippen molar-refractivity contribution in [2.24, 2.45) is 0 Å². The van der Waals surface area contributed by atoms with Crippen molar-refractivity contribution < 1.29 is 18.0 Å². The highest BCUT2D eigenvalue weighted by Gasteiger charge is 2.35. The number of halogens is 3. The Balaban J connectivity index is 2.87. The highest BCUT2D eigenvalue weighted by molar-refractivity contribution is 7.11. The number of aromatic nitrogens is 1. The van der Waals surface area contributed by atoms with Crippen LogP contribution in [0.5, 0.6) is 0 Å². The third-order valence-corrected chi connectivity index (χ3v) is 3.00. The smallest absolute Gasteiger partial charge is 0.302 e. The van der Waals surface area contributed by atoms with Crippen LogP contribution in [0.1, 0.15) is 15.6 Å². The maximum Gasteiger partial charge on any atom is 0.443 e. The largest absolute Gasteiger partial charge is 0.443 e. The molecule has 7 heteroatoms. The zero-order valence-electron chi connectivity index (χ0n) is 8.55. The summed E-state index contributed by atoms with van der Waals surface area (Å²) >= 11 is 0.652. The summed E-state index contributed by atoms with van der Waals surface area (Å²) < 4.78 is 36.9. The van der Waals surface area contributed by atoms with Crippen molar-refractivity contribution in [2.75, 3.05) is 14.2 Å². The lowest BCUT2D eigenvalue weighted by Gasteiger charge is -2.11. The molecule has 0 aliphatic heterocycles. The van der Waals surface area contributed by atoms with Gasteiger partial charge in [-0.1, -0.05) is 0 Å². The fraction of sp³-hybridized carbons (Fsp3) is 0.625. The number of rotatable bonds is 3. The van der Waals surface area contributed by atoms with E-state index in [1.54, 1.807) is 14.0 Å². The van der Waals surface area contributed by atoms with Crippen molar-refractivity contribution in [2.45, 2.75) is 19.6 Å². The van der Waals surface area contributed by atoms with E-state index in [9.17, 15) is 13.2 Å². The lowest BCUT2D eigenvalue weighted by Crippen LogP contribution is -2.15. The van der Waals surface area contributed by atoms with Crippen molar-refractivity contribution in [1.29, 1.82) is 0 Å². The SMILES string of the molecule is CON(C)Cc1sc(C(F)(F)F)nc1C. The average Bonchev–Trinajstić information content (AvgIpc) is 2.47. The van der Waals surface area contributed by atoms with E-state index in [-0.39, 0.29) is 0 Å². The van der Waals surface area contributed by atoms with Crippen LogP contribution in [0.3, 0.4) is 0 Å². The van der Waals surface area contributed by atoms with Crippen molar-refractivity contribution in [3.8, 4) is 0 Å². The van der Waals surface area contributed by atoms with Gasteiger partial charge in [0.1, 0.15) is 0 Å². The number of hydrogen-bond donors (Lipinski definition) is 0. The molecule has 0 radical (unpaired) electrons. The van der Waals surface area contributed by atoms with Crippen LogP contribution in [-0.2, 0) is 17.6 Å². The van der Waals surface area contributed by atoms with Crippen LogP contribution in [0, 0.1) is 6.92 Å². The Morgan fingerprint density at radius 1 is 1.47 bits per heavy atom. The van der Waals surface area contributed by atoms with Crippen LogP contribution in [0.25, 0.3) is 0 Å². The number of hydroxylamine groups is 2. The quantitative estimate of drug-likeness (QED) is 0.759. The number of nitrogens with zero attached hydrogens (tertiary/aromatic N) is 2. The Morgan fingerprint density at radius 2 is 2.07 bits per heavy atom. The number of thiazole rings is 1. The molecule has 0 spiro atoms. The second kappa shape index (κ2) is 4.46. The predicted molar refractivity (Wildman–Crippen MR) is 50.3 cm³/mol. The molecular formula is C8H11F3N2OS. The van der Waals surface area contributed by atoms with Crippen LogP contribution in [0.4, 0.5) is 13.2 Å². The molecule has 3 nitrogen and oxygen atoms in total. The molecule has 0 aromatic carbocycles. The van der Waals surface area contributed by atoms with Gasteiger partial charge < -0.3 is 4.84 Å². The van der Waals surface area contributed by atoms with E-state index in [0.717, 1.165) is 0 Å². The summed E-state index contributed by atoms with van der Waals surface area (Å²) in [7, 11) is 3.10. The first-order chi connectivity index (χ1) is 6.84. The van der Waals surface area contributed by atoms with E-state index in [0.29, 0.717) is 28.5 Å². The lowest BCUT2D eigenvalue weighted by molar-refractivity contribution is -0.137. The number of alkyl halides is 3. The molecule has 15 heavy (non-hydrogen) atoms. The molecule has 0 saturated carbocycles. The maximum atomic E-state index is 12.3. The standard InChI is InChI=1S/C8H11F3N2OS/c1-5-6(4-13(2)14-3)15-7(12-5)8(9,10)11/h4H2,1-3H3. The van der Waals surface area contributed by atoms with Crippen LogP contribution in [-0.4, -0.2) is 24.2 Å². The fourth-order valence-electron chi connectivity index (χ4n) is 0.963. The summed E-state index contributed by atoms with van der Waals surface area (Å²) in [4.78, 5) is 8.88. The molecule has 1 rings (SSSR count). The van der Waals surface area contributed by atoms with Crippen LogP contribution < -0.4 is 0 Å². The van der Waals surface area contributed by atoms with Crippen LogP contribution in [0.2, 0.25) is 0 Å². The minimum atomic E-state index is -4.36. The number of hydrogen-bond acceptors (Lipinski definition) is 4. The molecule has 0 amide bonds. The van der Waals surface area contributed by atoms with Gasteiger partial charge in [0, 0.05) is 11.9 Å². The zero-order valence-corrected chi connectivity index (χ0v) is 9.37. The first-order valence-electron chi connectivity index (χ1n) is 4.13. The normalized spacial score (nSPS) is 12.5. The lowest BCUT2D eigenvalue weighted by atomic mass is 10.4. The van der Waals surface area contributed by atoms with Gasteiger partial charge in [0.15, 0.2) is 5.01 Å². The molecule has 0 aliphatic carbocycles. The molecule has 0 bridgehead atoms. The summed E-state index contributed by atoms with van der Waals surface area (Å²) in [5.41, 5.74) is 0.399. The van der Waals surface area contributed by atoms with E-state index in [4.69, 9.17) is 4.84 Å². The third kappa shape index (κ3) is 3.15. The second-order valence-corrected chi connectivity index (χ2v) is 4.08. The molecule has 0 unspecified atom stereocenters. The van der Waals surface area contributed by atoms with E-state index in [2.05, 4.69) is 4.98 Å². The van der Waals surface area contributed by atoms with Gasteiger partial charge in [-0.2, -0.15) is 18.2 Å². The Bertz CT molecular complexity index is 337. The van der Waals surface area contributed by atoms with Crippen molar-refractivity contribution in [1.82, 2.24) is 10.0 Å². The van der Waals surface area contributed by atoms with Gasteiger partial charge in [-0.15, -0.1) is 11.3 Å². The highest BCUT2D eigenvalue weighted by atomic mass is 32.1. The Labute approximate surface area is 89.4 Å². The van der Waals surface area contributed by atoms with Crippen LogP contribution in [0.15, 0.2) is 0 Å². The molecule has 0 N–H and O–H groups in total. The van der Waals surface area contributed by atoms with Crippen molar-refractivity contribution in [3.05, 3.63) is 15.6 Å². The molecule has 1 aromatic heterocycles. The summed E-state index contributed by atoms with van der Waals surface area (Å²) in [6, 6.07) is 0. The van der Waals surface area contributed by atoms with Gasteiger partial charge in [0.05, 0.1) is 19.3 Å². The highest BCUT2D eigenvalue weighted by Crippen LogP contribution is 2.34. The van der Waals surface area contributed by atoms with E-state index in [1.165, 1.54) is 12.2 Å². The average molecular weight is 240 g/mol. The monoisotopic (exact) mass is 240 g/mol. The first-order valence-corrected chi connectivity index (χ1v) is 4.95. The zero-order chi connectivity index (χ0) is 11.6. The first kappa shape index (κ1) is 12.4. The summed E-state index contributed by atoms with van der Waals surface area (Å²) in [5, 5.41) is 0.639. The van der Waals surface area contributed by atoms with E-state index in [1.807, 2.05) is 0 Å². The van der Waals surface area contributed by atoms with Gasteiger partial charge >= 0.3 is 6.18 Å². The van der Waals surface area contributed by atoms with Gasteiger partial charge in [0.2, 0.25) is 0 Å². The van der Waals surface area contributed by atoms with Gasteiger partial charge in [-0.3, -0.25) is 0 Å². The van der Waals surface area contributed by atoms with Gasteiger partial charge in [-0.25, -0.2) is 4.98 Å². The summed E-state index contributed by atoms with van der Waals surface area (Å²) in [6.45, 7) is 1.86. The van der Waals surface area contributed by atoms with E-state index >= 15 is 0 Å². The molecule has 0 aliphatic rings. The van der Waals surface area contributed by atoms with Gasteiger partial charge in [-0.05, 0) is 6.92 Å². The topological polar surface area (TPSA) is 25.4 Å². The Kier molecular flexibility index (Phi) is 3.69. The summed E-state index contributed by atoms with van der Waals surface area (Å²) in [6.07, 6.45) is -4.36. The molecular weight excluding hydrogens is 229 g/mol. The molecule has 1 aromatic rings. The fourth-order valence-corrected chi connectivity index (χ4v) is 1.93. The molecule has 1 heterocycles. The summed E-state index contributed by atoms with van der Waals surface area (Å²) in [5.74, 6) is 0. The minimum Gasteiger partial charge on any atom is -0.302 e. The van der Waals surface area contributed by atoms with Crippen molar-refractivity contribution >= 4 is 11.3 Å². The van der Waals surface area contributed by atoms with Crippen LogP contribution >= 0.6 is 11.3 Å². The minimum absolute atomic E-state index is 0.302. The molecule has 0 fully saturated rings. The van der Waals surface area contributed by atoms with Gasteiger partial charge in [0.25, 0.3) is 0 Å². The molecule has 0 saturated heterocycles. The molecule has 86 valence electrons. The maximum absolute atomic E-state index is 12.3.